The van der Waals surface area contributed by atoms with Crippen molar-refractivity contribution in [2.24, 2.45) is 7.05 Å². The second-order valence-corrected chi connectivity index (χ2v) is 4.33. The van der Waals surface area contributed by atoms with Crippen LogP contribution in [0.2, 0.25) is 5.02 Å². The molecule has 0 amide bonds. The number of aryl methyl sites for hydroxylation is 1. The normalized spacial score (nSPS) is 10.5. The first-order valence-electron chi connectivity index (χ1n) is 5.01. The van der Waals surface area contributed by atoms with E-state index in [1.807, 2.05) is 12.1 Å². The highest BCUT2D eigenvalue weighted by Crippen LogP contribution is 2.19. The number of nitrogens with zero attached hydrogens (tertiary/aromatic N) is 2. The molecule has 0 N–H and O–H groups in total. The molecule has 2 aromatic rings. The fraction of sp³-hybridized carbons (Fsp3) is 0.167. The van der Waals surface area contributed by atoms with Crippen LogP contribution in [0.5, 0.6) is 0 Å². The molecule has 0 radical (unpaired) electrons. The van der Waals surface area contributed by atoms with Gasteiger partial charge in [-0.25, -0.2) is 4.68 Å². The van der Waals surface area contributed by atoms with Crippen molar-refractivity contribution in [2.75, 3.05) is 0 Å². The summed E-state index contributed by atoms with van der Waals surface area (Å²) in [4.78, 5) is 11.6. The van der Waals surface area contributed by atoms with Gasteiger partial charge in [-0.15, -0.1) is 11.6 Å². The van der Waals surface area contributed by atoms with Crippen LogP contribution in [-0.4, -0.2) is 9.78 Å². The predicted molar refractivity (Wildman–Crippen MR) is 69.5 cm³/mol. The summed E-state index contributed by atoms with van der Waals surface area (Å²) in [5.74, 6) is 0.176. The van der Waals surface area contributed by atoms with Crippen molar-refractivity contribution in [3.63, 3.8) is 0 Å². The van der Waals surface area contributed by atoms with Crippen LogP contribution >= 0.6 is 23.2 Å². The molecule has 0 saturated carbocycles. The third-order valence-corrected chi connectivity index (χ3v) is 2.96. The highest BCUT2D eigenvalue weighted by atomic mass is 35.5. The predicted octanol–water partition coefficient (Wildman–Crippen LogP) is 2.84. The van der Waals surface area contributed by atoms with Crippen LogP contribution < -0.4 is 5.56 Å². The third kappa shape index (κ3) is 2.51. The van der Waals surface area contributed by atoms with Gasteiger partial charge in [0, 0.05) is 23.2 Å². The molecule has 0 aliphatic heterocycles. The van der Waals surface area contributed by atoms with E-state index >= 15 is 0 Å². The van der Waals surface area contributed by atoms with E-state index in [1.165, 1.54) is 4.68 Å². The number of hydrogen-bond acceptors (Lipinski definition) is 2. The van der Waals surface area contributed by atoms with Gasteiger partial charge in [0.05, 0.1) is 11.6 Å². The van der Waals surface area contributed by atoms with Crippen molar-refractivity contribution in [3.05, 3.63) is 51.3 Å². The molecule has 0 aliphatic carbocycles. The van der Waals surface area contributed by atoms with Gasteiger partial charge < -0.3 is 0 Å². The van der Waals surface area contributed by atoms with Crippen LogP contribution in [0.1, 0.15) is 5.56 Å². The van der Waals surface area contributed by atoms with E-state index in [2.05, 4.69) is 5.10 Å². The van der Waals surface area contributed by atoms with Gasteiger partial charge in [0.2, 0.25) is 0 Å². The lowest BCUT2D eigenvalue weighted by Gasteiger charge is -2.05. The van der Waals surface area contributed by atoms with Gasteiger partial charge in [-0.1, -0.05) is 23.7 Å². The van der Waals surface area contributed by atoms with Gasteiger partial charge >= 0.3 is 0 Å². The first-order valence-corrected chi connectivity index (χ1v) is 5.92. The van der Waals surface area contributed by atoms with Crippen molar-refractivity contribution in [1.82, 2.24) is 9.78 Å². The lowest BCUT2D eigenvalue weighted by atomic mass is 10.1. The summed E-state index contributed by atoms with van der Waals surface area (Å²) in [6, 6.07) is 8.98. The summed E-state index contributed by atoms with van der Waals surface area (Å²) in [7, 11) is 1.61. The number of hydrogen-bond donors (Lipinski definition) is 0. The smallest absolute Gasteiger partial charge is 0.267 e. The van der Waals surface area contributed by atoms with Crippen molar-refractivity contribution in [3.8, 4) is 11.3 Å². The lowest BCUT2D eigenvalue weighted by molar-refractivity contribution is 0.704. The van der Waals surface area contributed by atoms with Gasteiger partial charge in [-0.05, 0) is 18.2 Å². The summed E-state index contributed by atoms with van der Waals surface area (Å²) in [5, 5.41) is 4.85. The Morgan fingerprint density at radius 3 is 2.53 bits per heavy atom. The van der Waals surface area contributed by atoms with Crippen molar-refractivity contribution in [2.45, 2.75) is 5.88 Å². The molecule has 2 rings (SSSR count). The Bertz CT molecular complexity index is 590. The molecule has 17 heavy (non-hydrogen) atoms. The van der Waals surface area contributed by atoms with E-state index < -0.39 is 0 Å². The number of benzene rings is 1. The Kier molecular flexibility index (Phi) is 3.50. The van der Waals surface area contributed by atoms with E-state index in [-0.39, 0.29) is 11.4 Å². The van der Waals surface area contributed by atoms with Crippen LogP contribution in [0, 0.1) is 0 Å². The second kappa shape index (κ2) is 4.90. The molecule has 88 valence electrons. The maximum Gasteiger partial charge on any atom is 0.270 e. The zero-order valence-electron chi connectivity index (χ0n) is 9.15. The molecule has 1 aromatic heterocycles. The first-order chi connectivity index (χ1) is 8.11. The lowest BCUT2D eigenvalue weighted by Crippen LogP contribution is -2.23. The van der Waals surface area contributed by atoms with Crippen molar-refractivity contribution in [1.29, 1.82) is 0 Å². The zero-order valence-corrected chi connectivity index (χ0v) is 10.7. The minimum absolute atomic E-state index is 0.169. The SMILES string of the molecule is Cn1nc(-c2ccc(Cl)cc2)cc(CCl)c1=O. The van der Waals surface area contributed by atoms with E-state index in [0.717, 1.165) is 5.56 Å². The van der Waals surface area contributed by atoms with Crippen molar-refractivity contribution >= 4 is 23.2 Å². The molecule has 0 unspecified atom stereocenters. The average molecular weight is 269 g/mol. The number of aromatic nitrogens is 2. The van der Waals surface area contributed by atoms with E-state index in [1.54, 1.807) is 25.2 Å². The number of halogens is 2. The summed E-state index contributed by atoms with van der Waals surface area (Å²) in [5.41, 5.74) is 1.97. The Morgan fingerprint density at radius 1 is 1.29 bits per heavy atom. The molecule has 0 saturated heterocycles. The Morgan fingerprint density at radius 2 is 1.94 bits per heavy atom. The quantitative estimate of drug-likeness (QED) is 0.786. The zero-order chi connectivity index (χ0) is 12.4. The van der Waals surface area contributed by atoms with Crippen molar-refractivity contribution < 1.29 is 0 Å². The van der Waals surface area contributed by atoms with Crippen LogP contribution in [0.25, 0.3) is 11.3 Å². The largest absolute Gasteiger partial charge is 0.270 e. The molecule has 0 atom stereocenters. The Hall–Kier alpha value is -1.32. The number of rotatable bonds is 2. The Labute approximate surface area is 109 Å². The van der Waals surface area contributed by atoms with Gasteiger partial charge in [0.25, 0.3) is 5.56 Å². The topological polar surface area (TPSA) is 34.9 Å². The van der Waals surface area contributed by atoms with E-state index in [9.17, 15) is 4.79 Å². The molecular formula is C12H10Cl2N2O. The monoisotopic (exact) mass is 268 g/mol. The molecule has 0 bridgehead atoms. The van der Waals surface area contributed by atoms with Crippen LogP contribution in [0.15, 0.2) is 35.1 Å². The fourth-order valence-corrected chi connectivity index (χ4v) is 1.85. The van der Waals surface area contributed by atoms with Gasteiger partial charge in [0.15, 0.2) is 0 Å². The van der Waals surface area contributed by atoms with Gasteiger partial charge in [-0.3, -0.25) is 4.79 Å². The molecule has 0 aliphatic rings. The summed E-state index contributed by atoms with van der Waals surface area (Å²) >= 11 is 11.5. The maximum absolute atomic E-state index is 11.6. The standard InChI is InChI=1S/C12H10Cl2N2O/c1-16-12(17)9(7-13)6-11(15-16)8-2-4-10(14)5-3-8/h2-6H,7H2,1H3. The van der Waals surface area contributed by atoms with E-state index in [4.69, 9.17) is 23.2 Å². The summed E-state index contributed by atoms with van der Waals surface area (Å²) < 4.78 is 1.29. The first kappa shape index (κ1) is 12.1. The molecule has 5 heteroatoms. The highest BCUT2D eigenvalue weighted by molar-refractivity contribution is 6.30. The highest BCUT2D eigenvalue weighted by Gasteiger charge is 2.06. The van der Waals surface area contributed by atoms with Crippen LogP contribution in [-0.2, 0) is 12.9 Å². The number of alkyl halides is 1. The second-order valence-electron chi connectivity index (χ2n) is 3.62. The molecule has 0 fully saturated rings. The van der Waals surface area contributed by atoms with Gasteiger partial charge in [0.1, 0.15) is 0 Å². The minimum Gasteiger partial charge on any atom is -0.267 e. The molecule has 1 aromatic carbocycles. The third-order valence-electron chi connectivity index (χ3n) is 2.42. The molecule has 1 heterocycles. The summed E-state index contributed by atoms with van der Waals surface area (Å²) in [6.07, 6.45) is 0. The van der Waals surface area contributed by atoms with E-state index in [0.29, 0.717) is 16.3 Å². The average Bonchev–Trinajstić information content (AvgIpc) is 2.33. The van der Waals surface area contributed by atoms with Gasteiger partial charge in [-0.2, -0.15) is 5.10 Å². The Balaban J connectivity index is 2.56. The summed E-state index contributed by atoms with van der Waals surface area (Å²) in [6.45, 7) is 0. The van der Waals surface area contributed by atoms with Crippen LogP contribution in [0.3, 0.4) is 0 Å². The molecule has 3 nitrogen and oxygen atoms in total. The maximum atomic E-state index is 11.6. The van der Waals surface area contributed by atoms with Crippen LogP contribution in [0.4, 0.5) is 0 Å². The molecule has 0 spiro atoms. The molecular weight excluding hydrogens is 259 g/mol. The fourth-order valence-electron chi connectivity index (χ4n) is 1.53. The minimum atomic E-state index is -0.169.